The third-order valence-corrected chi connectivity index (χ3v) is 4.77. The van der Waals surface area contributed by atoms with Gasteiger partial charge in [-0.3, -0.25) is 4.79 Å². The molecule has 0 unspecified atom stereocenters. The zero-order valence-corrected chi connectivity index (χ0v) is 12.8. The highest BCUT2D eigenvalue weighted by Gasteiger charge is 2.40. The highest BCUT2D eigenvalue weighted by atomic mass is 19.1. The van der Waals surface area contributed by atoms with Gasteiger partial charge in [0.05, 0.1) is 18.3 Å². The van der Waals surface area contributed by atoms with E-state index in [1.165, 1.54) is 6.07 Å². The van der Waals surface area contributed by atoms with Gasteiger partial charge in [0.25, 0.3) is 5.91 Å². The molecule has 1 aromatic rings. The van der Waals surface area contributed by atoms with Gasteiger partial charge in [-0.25, -0.2) is 4.39 Å². The molecule has 3 rings (SSSR count). The molecule has 1 aromatic carbocycles. The Labute approximate surface area is 129 Å². The summed E-state index contributed by atoms with van der Waals surface area (Å²) in [6, 6.07) is 4.53. The van der Waals surface area contributed by atoms with Crippen molar-refractivity contribution < 1.29 is 19.0 Å². The van der Waals surface area contributed by atoms with Crippen LogP contribution in [0.1, 0.15) is 35.2 Å². The predicted octanol–water partition coefficient (Wildman–Crippen LogP) is 2.14. The van der Waals surface area contributed by atoms with Gasteiger partial charge in [-0.2, -0.15) is 0 Å². The molecule has 2 heterocycles. The van der Waals surface area contributed by atoms with Gasteiger partial charge in [0, 0.05) is 25.1 Å². The average Bonchev–Trinajstić information content (AvgIpc) is 2.99. The molecule has 0 saturated carbocycles. The van der Waals surface area contributed by atoms with E-state index in [9.17, 15) is 14.3 Å². The fourth-order valence-corrected chi connectivity index (χ4v) is 3.56. The molecule has 0 spiro atoms. The zero-order valence-electron chi connectivity index (χ0n) is 12.8. The SMILES string of the molecule is Cc1ccc(F)c(C(=O)N2CCC[C@@H]2[C@@H]2COCC[C@H]2O)c1. The Bertz CT molecular complexity index is 563. The summed E-state index contributed by atoms with van der Waals surface area (Å²) in [6.07, 6.45) is 1.87. The molecule has 22 heavy (non-hydrogen) atoms. The van der Waals surface area contributed by atoms with Gasteiger partial charge in [0.2, 0.25) is 0 Å². The number of nitrogens with zero attached hydrogens (tertiary/aromatic N) is 1. The number of ether oxygens (including phenoxy) is 1. The molecule has 2 fully saturated rings. The first-order valence-corrected chi connectivity index (χ1v) is 7.91. The second-order valence-corrected chi connectivity index (χ2v) is 6.29. The summed E-state index contributed by atoms with van der Waals surface area (Å²) < 4.78 is 19.5. The summed E-state index contributed by atoms with van der Waals surface area (Å²) in [5, 5.41) is 10.2. The van der Waals surface area contributed by atoms with Crippen molar-refractivity contribution in [2.45, 2.75) is 38.3 Å². The van der Waals surface area contributed by atoms with Crippen LogP contribution in [0, 0.1) is 18.7 Å². The Morgan fingerprint density at radius 2 is 2.23 bits per heavy atom. The minimum absolute atomic E-state index is 0.0669. The number of carbonyl (C=O) groups is 1. The molecule has 1 N–H and O–H groups in total. The van der Waals surface area contributed by atoms with Gasteiger partial charge >= 0.3 is 0 Å². The van der Waals surface area contributed by atoms with Crippen LogP contribution in [0.3, 0.4) is 0 Å². The van der Waals surface area contributed by atoms with Crippen LogP contribution in [0.5, 0.6) is 0 Å². The van der Waals surface area contributed by atoms with E-state index in [-0.39, 0.29) is 23.4 Å². The summed E-state index contributed by atoms with van der Waals surface area (Å²) in [5.74, 6) is -0.837. The predicted molar refractivity (Wildman–Crippen MR) is 80.1 cm³/mol. The Balaban J connectivity index is 1.83. The van der Waals surface area contributed by atoms with E-state index in [2.05, 4.69) is 0 Å². The van der Waals surface area contributed by atoms with E-state index < -0.39 is 11.9 Å². The second-order valence-electron chi connectivity index (χ2n) is 6.29. The Kier molecular flexibility index (Phi) is 4.45. The molecule has 120 valence electrons. The van der Waals surface area contributed by atoms with Crippen LogP contribution in [0.25, 0.3) is 0 Å². The smallest absolute Gasteiger partial charge is 0.257 e. The first kappa shape index (κ1) is 15.4. The fraction of sp³-hybridized carbons (Fsp3) is 0.588. The maximum absolute atomic E-state index is 14.0. The van der Waals surface area contributed by atoms with Crippen LogP contribution in [0.4, 0.5) is 4.39 Å². The van der Waals surface area contributed by atoms with Crippen LogP contribution in [-0.4, -0.2) is 47.8 Å². The maximum Gasteiger partial charge on any atom is 0.257 e. The van der Waals surface area contributed by atoms with E-state index in [1.807, 2.05) is 6.92 Å². The molecule has 2 saturated heterocycles. The van der Waals surface area contributed by atoms with Crippen molar-refractivity contribution in [1.82, 2.24) is 4.90 Å². The van der Waals surface area contributed by atoms with Crippen LogP contribution < -0.4 is 0 Å². The normalized spacial score (nSPS) is 28.9. The summed E-state index contributed by atoms with van der Waals surface area (Å²) >= 11 is 0. The number of aryl methyl sites for hydroxylation is 1. The molecule has 0 bridgehead atoms. The molecule has 2 aliphatic rings. The summed E-state index contributed by atoms with van der Waals surface area (Å²) in [4.78, 5) is 14.5. The highest BCUT2D eigenvalue weighted by Crippen LogP contribution is 2.31. The lowest BCUT2D eigenvalue weighted by atomic mass is 9.89. The number of benzene rings is 1. The van der Waals surface area contributed by atoms with Gasteiger partial charge in [-0.15, -0.1) is 0 Å². The van der Waals surface area contributed by atoms with E-state index >= 15 is 0 Å². The lowest BCUT2D eigenvalue weighted by molar-refractivity contribution is -0.0589. The number of hydrogen-bond donors (Lipinski definition) is 1. The number of likely N-dealkylation sites (tertiary alicyclic amines) is 1. The monoisotopic (exact) mass is 307 g/mol. The van der Waals surface area contributed by atoms with E-state index in [1.54, 1.807) is 17.0 Å². The van der Waals surface area contributed by atoms with Crippen molar-refractivity contribution in [3.8, 4) is 0 Å². The quantitative estimate of drug-likeness (QED) is 0.910. The van der Waals surface area contributed by atoms with Gasteiger partial charge < -0.3 is 14.7 Å². The first-order valence-electron chi connectivity index (χ1n) is 7.91. The third-order valence-electron chi connectivity index (χ3n) is 4.77. The number of rotatable bonds is 2. The minimum atomic E-state index is -0.485. The fourth-order valence-electron chi connectivity index (χ4n) is 3.56. The molecule has 3 atom stereocenters. The van der Waals surface area contributed by atoms with Crippen molar-refractivity contribution in [2.75, 3.05) is 19.8 Å². The molecule has 1 amide bonds. The van der Waals surface area contributed by atoms with Gasteiger partial charge in [-0.05, 0) is 38.3 Å². The van der Waals surface area contributed by atoms with Crippen molar-refractivity contribution in [3.63, 3.8) is 0 Å². The number of aliphatic hydroxyl groups excluding tert-OH is 1. The van der Waals surface area contributed by atoms with Gasteiger partial charge in [-0.1, -0.05) is 11.6 Å². The maximum atomic E-state index is 14.0. The standard InChI is InChI=1S/C17H22FNO3/c1-11-4-5-14(18)12(9-11)17(21)19-7-2-3-15(19)13-10-22-8-6-16(13)20/h4-5,9,13,15-16,20H,2-3,6-8,10H2,1H3/t13-,15+,16+/m0/s1. The van der Waals surface area contributed by atoms with Gasteiger partial charge in [0.15, 0.2) is 0 Å². The summed E-state index contributed by atoms with van der Waals surface area (Å²) in [7, 11) is 0. The first-order chi connectivity index (χ1) is 10.6. The Hall–Kier alpha value is -1.46. The molecular formula is C17H22FNO3. The Morgan fingerprint density at radius 1 is 1.41 bits per heavy atom. The topological polar surface area (TPSA) is 49.8 Å². The van der Waals surface area contributed by atoms with Crippen LogP contribution in [0.2, 0.25) is 0 Å². The lowest BCUT2D eigenvalue weighted by Gasteiger charge is -2.37. The molecule has 2 aliphatic heterocycles. The van der Waals surface area contributed by atoms with Crippen LogP contribution >= 0.6 is 0 Å². The molecule has 0 aromatic heterocycles. The lowest BCUT2D eigenvalue weighted by Crippen LogP contribution is -2.48. The largest absolute Gasteiger partial charge is 0.393 e. The number of aliphatic hydroxyl groups is 1. The number of amides is 1. The van der Waals surface area contributed by atoms with E-state index in [4.69, 9.17) is 4.74 Å². The van der Waals surface area contributed by atoms with Crippen molar-refractivity contribution in [3.05, 3.63) is 35.1 Å². The molecular weight excluding hydrogens is 285 g/mol. The Morgan fingerprint density at radius 3 is 3.00 bits per heavy atom. The van der Waals surface area contributed by atoms with E-state index in [0.29, 0.717) is 26.2 Å². The van der Waals surface area contributed by atoms with Crippen LogP contribution in [-0.2, 0) is 4.74 Å². The van der Waals surface area contributed by atoms with Crippen LogP contribution in [0.15, 0.2) is 18.2 Å². The van der Waals surface area contributed by atoms with Crippen molar-refractivity contribution in [2.24, 2.45) is 5.92 Å². The second kappa shape index (κ2) is 6.34. The molecule has 5 heteroatoms. The zero-order chi connectivity index (χ0) is 15.7. The van der Waals surface area contributed by atoms with Crippen molar-refractivity contribution in [1.29, 1.82) is 0 Å². The highest BCUT2D eigenvalue weighted by molar-refractivity contribution is 5.95. The van der Waals surface area contributed by atoms with Crippen molar-refractivity contribution >= 4 is 5.91 Å². The van der Waals surface area contributed by atoms with Gasteiger partial charge in [0.1, 0.15) is 5.82 Å². The number of carbonyl (C=O) groups excluding carboxylic acids is 1. The number of hydrogen-bond acceptors (Lipinski definition) is 3. The third kappa shape index (κ3) is 2.88. The summed E-state index contributed by atoms with van der Waals surface area (Å²) in [6.45, 7) is 3.48. The summed E-state index contributed by atoms with van der Waals surface area (Å²) in [5.41, 5.74) is 0.986. The molecule has 0 aliphatic carbocycles. The molecule has 4 nitrogen and oxygen atoms in total. The van der Waals surface area contributed by atoms with E-state index in [0.717, 1.165) is 18.4 Å². The average molecular weight is 307 g/mol. The molecule has 0 radical (unpaired) electrons. The number of halogens is 1. The minimum Gasteiger partial charge on any atom is -0.393 e.